The van der Waals surface area contributed by atoms with E-state index in [4.69, 9.17) is 18.9 Å². The molecule has 7 heterocycles. The molecule has 4 atom stereocenters. The molecule has 1 aliphatic rings. The number of methoxy groups -OCH3 is 1. The number of aryl methyl sites for hydroxylation is 4. The Bertz CT molecular complexity index is 2790. The minimum Gasteiger partial charge on any atom is -0.463 e. The van der Waals surface area contributed by atoms with Crippen LogP contribution < -0.4 is 32.1 Å². The average Bonchev–Trinajstić information content (AvgIpc) is 4.11. The molecule has 0 bridgehead atoms. The zero-order valence-electron chi connectivity index (χ0n) is 36.8. The average molecular weight is 898 g/mol. The van der Waals surface area contributed by atoms with Crippen molar-refractivity contribution in [3.63, 3.8) is 0 Å². The molecule has 3 amide bonds. The van der Waals surface area contributed by atoms with Crippen molar-refractivity contribution in [2.45, 2.75) is 51.4 Å². The molecule has 6 aromatic rings. The van der Waals surface area contributed by atoms with E-state index in [0.717, 1.165) is 5.69 Å². The van der Waals surface area contributed by atoms with Crippen molar-refractivity contribution in [1.82, 2.24) is 43.1 Å². The van der Waals surface area contributed by atoms with Crippen LogP contribution >= 0.6 is 0 Å². The molecule has 0 aliphatic carbocycles. The second-order valence-corrected chi connectivity index (χ2v) is 15.5. The molecule has 23 heteroatoms. The van der Waals surface area contributed by atoms with Crippen molar-refractivity contribution in [2.75, 3.05) is 48.1 Å². The monoisotopic (exact) mass is 897 g/mol. The number of hydrogen-bond acceptors (Lipinski definition) is 14. The predicted octanol–water partition coefficient (Wildman–Crippen LogP) is 2.75. The van der Waals surface area contributed by atoms with Gasteiger partial charge in [-0.1, -0.05) is 0 Å². The second-order valence-electron chi connectivity index (χ2n) is 15.5. The summed E-state index contributed by atoms with van der Waals surface area (Å²) in [6, 6.07) is 8.69. The van der Waals surface area contributed by atoms with Crippen LogP contribution in [-0.4, -0.2) is 106 Å². The summed E-state index contributed by atoms with van der Waals surface area (Å²) in [5, 5.41) is 14.9. The number of esters is 2. The van der Waals surface area contributed by atoms with Gasteiger partial charge >= 0.3 is 11.9 Å². The highest BCUT2D eigenvalue weighted by molar-refractivity contribution is 6.07. The van der Waals surface area contributed by atoms with E-state index in [1.807, 2.05) is 29.9 Å². The van der Waals surface area contributed by atoms with Gasteiger partial charge in [-0.2, -0.15) is 4.98 Å². The molecule has 1 saturated heterocycles. The van der Waals surface area contributed by atoms with Gasteiger partial charge in [0.1, 0.15) is 42.1 Å². The van der Waals surface area contributed by atoms with Crippen molar-refractivity contribution in [1.29, 1.82) is 0 Å². The lowest BCUT2D eigenvalue weighted by Gasteiger charge is -2.18. The van der Waals surface area contributed by atoms with Gasteiger partial charge in [0, 0.05) is 93.4 Å². The summed E-state index contributed by atoms with van der Waals surface area (Å²) in [5.41, 5.74) is 3.15. The van der Waals surface area contributed by atoms with E-state index < -0.39 is 48.1 Å². The molecular weight excluding hydrogens is 847 g/mol. The first-order chi connectivity index (χ1) is 31.1. The first-order valence-electron chi connectivity index (χ1n) is 20.6. The number of nitrogens with zero attached hydrogens (tertiary/aromatic N) is 7. The Hall–Kier alpha value is -7.66. The Morgan fingerprint density at radius 1 is 0.862 bits per heavy atom. The maximum absolute atomic E-state index is 13.4. The van der Waals surface area contributed by atoms with Crippen LogP contribution in [0.3, 0.4) is 0 Å². The van der Waals surface area contributed by atoms with Gasteiger partial charge in [0.25, 0.3) is 23.3 Å². The largest absolute Gasteiger partial charge is 0.463 e. The zero-order valence-corrected chi connectivity index (χ0v) is 36.8. The van der Waals surface area contributed by atoms with Crippen LogP contribution in [0.25, 0.3) is 11.2 Å². The summed E-state index contributed by atoms with van der Waals surface area (Å²) in [4.78, 5) is 87.3. The van der Waals surface area contributed by atoms with Gasteiger partial charge in [-0.15, -0.1) is 0 Å². The summed E-state index contributed by atoms with van der Waals surface area (Å²) >= 11 is 0. The van der Waals surface area contributed by atoms with Gasteiger partial charge in [-0.25, -0.2) is 4.98 Å². The fourth-order valence-corrected chi connectivity index (χ4v) is 7.49. The Kier molecular flexibility index (Phi) is 13.5. The van der Waals surface area contributed by atoms with Gasteiger partial charge in [-0.3, -0.25) is 38.3 Å². The Morgan fingerprint density at radius 3 is 2.09 bits per heavy atom. The number of H-pyrrole nitrogens is 1. The maximum Gasteiger partial charge on any atom is 0.303 e. The molecule has 344 valence electrons. The molecule has 0 radical (unpaired) electrons. The number of rotatable bonds is 18. The van der Waals surface area contributed by atoms with Crippen LogP contribution in [0.5, 0.6) is 0 Å². The Morgan fingerprint density at radius 2 is 1.49 bits per heavy atom. The highest BCUT2D eigenvalue weighted by atomic mass is 16.6. The molecule has 7 rings (SSSR count). The third kappa shape index (κ3) is 10.4. The predicted molar refractivity (Wildman–Crippen MR) is 235 cm³/mol. The molecule has 1 aliphatic heterocycles. The summed E-state index contributed by atoms with van der Waals surface area (Å²) in [7, 11) is 8.64. The van der Waals surface area contributed by atoms with Gasteiger partial charge < -0.3 is 63.8 Å². The first-order valence-corrected chi connectivity index (χ1v) is 20.6. The number of anilines is 4. The molecule has 1 fully saturated rings. The molecule has 0 aromatic carbocycles. The van der Waals surface area contributed by atoms with Crippen LogP contribution in [0, 0.1) is 0 Å². The lowest BCUT2D eigenvalue weighted by molar-refractivity contribution is -0.155. The van der Waals surface area contributed by atoms with E-state index >= 15 is 0 Å². The van der Waals surface area contributed by atoms with E-state index in [1.165, 1.54) is 20.2 Å². The quantitative estimate of drug-likeness (QED) is 0.0412. The lowest BCUT2D eigenvalue weighted by atomic mass is 10.2. The van der Waals surface area contributed by atoms with Crippen molar-refractivity contribution < 1.29 is 42.9 Å². The second kappa shape index (κ2) is 19.4. The van der Waals surface area contributed by atoms with Gasteiger partial charge in [0.15, 0.2) is 17.4 Å². The third-order valence-corrected chi connectivity index (χ3v) is 10.6. The maximum atomic E-state index is 13.4. The zero-order chi connectivity index (χ0) is 46.5. The van der Waals surface area contributed by atoms with Crippen LogP contribution in [0.1, 0.15) is 76.3 Å². The van der Waals surface area contributed by atoms with Crippen LogP contribution in [0.2, 0.25) is 0 Å². The molecule has 6 aromatic heterocycles. The van der Waals surface area contributed by atoms with Crippen LogP contribution in [0.4, 0.5) is 23.0 Å². The number of carbonyl (C=O) groups excluding carboxylic acids is 5. The normalized spacial score (nSPS) is 16.3. The number of aromatic amines is 1. The summed E-state index contributed by atoms with van der Waals surface area (Å²) < 4.78 is 30.5. The number of imidazole rings is 1. The SMILES string of the molecule is COC(Nc1cc(C(=O)Nc2cc(C(=O)Nc3cc(C(=O)NCCCNc4nc5c(ncn5[C@H]5CC(OC(C)=O)[C@@H](COC(C)=O)O5)c(=O)[nH]4)n(C)c3)n(C)c2)n(C)c1)c1cccn1C. The number of carbonyl (C=O) groups is 5. The van der Waals surface area contributed by atoms with E-state index in [-0.39, 0.29) is 54.2 Å². The molecule has 6 N–H and O–H groups in total. The molecular formula is C42H51N13O10. The van der Waals surface area contributed by atoms with Crippen LogP contribution in [-0.2, 0) is 56.7 Å². The van der Waals surface area contributed by atoms with Crippen LogP contribution in [0.15, 0.2) is 66.2 Å². The van der Waals surface area contributed by atoms with Gasteiger partial charge in [0.05, 0.1) is 29.1 Å². The molecule has 23 nitrogen and oxygen atoms in total. The minimum atomic E-state index is -0.734. The molecule has 0 saturated carbocycles. The fraction of sp³-hybridized carbons (Fsp3) is 0.381. The van der Waals surface area contributed by atoms with Crippen molar-refractivity contribution in [2.24, 2.45) is 28.2 Å². The van der Waals surface area contributed by atoms with Crippen molar-refractivity contribution >= 4 is 63.8 Å². The fourth-order valence-electron chi connectivity index (χ4n) is 7.49. The van der Waals surface area contributed by atoms with E-state index in [0.29, 0.717) is 41.4 Å². The number of fused-ring (bicyclic) bond motifs is 1. The van der Waals surface area contributed by atoms with Crippen molar-refractivity contribution in [3.8, 4) is 0 Å². The lowest BCUT2D eigenvalue weighted by Crippen LogP contribution is -2.31. The number of amides is 3. The van der Waals surface area contributed by atoms with Gasteiger partial charge in [0.2, 0.25) is 5.95 Å². The summed E-state index contributed by atoms with van der Waals surface area (Å²) in [6.07, 6.45) is 6.43. The number of ether oxygens (including phenoxy) is 4. The van der Waals surface area contributed by atoms with E-state index in [1.54, 1.807) is 83.3 Å². The number of nitrogens with one attached hydrogen (secondary N) is 6. The molecule has 65 heavy (non-hydrogen) atoms. The van der Waals surface area contributed by atoms with E-state index in [2.05, 4.69) is 41.5 Å². The topological polar surface area (TPSA) is 266 Å². The summed E-state index contributed by atoms with van der Waals surface area (Å²) in [6.45, 7) is 2.99. The smallest absolute Gasteiger partial charge is 0.303 e. The number of aromatic nitrogens is 8. The first kappa shape index (κ1) is 45.4. The highest BCUT2D eigenvalue weighted by Crippen LogP contribution is 2.33. The van der Waals surface area contributed by atoms with Gasteiger partial charge in [-0.05, 0) is 36.8 Å². The number of hydrogen-bond donors (Lipinski definition) is 6. The third-order valence-electron chi connectivity index (χ3n) is 10.6. The summed E-state index contributed by atoms with van der Waals surface area (Å²) in [5.74, 6) is -2.07. The van der Waals surface area contributed by atoms with Crippen molar-refractivity contribution in [3.05, 3.63) is 94.6 Å². The highest BCUT2D eigenvalue weighted by Gasteiger charge is 2.40. The standard InChI is InChI=1S/C42H51N13O10/c1-23(56)63-21-33-32(64-24(2)57)17-34(65-33)55-22-45-35-36(55)49-42(50-40(35)61)44-12-9-11-43-37(58)29-14-25(18-52(29)4)46-38(59)30-15-26(19-53(30)5)47-39(60)31-16-27(20-54(31)6)48-41(62-7)28-10-8-13-51(28)3/h8,10,13-16,18-20,22,32-34,41,48H,9,11-12,17,21H2,1-7H3,(H,43,58)(H,46,59)(H,47,60)(H2,44,49,50,61)/t32?,33-,34-,41?/m1/s1. The molecule has 0 spiro atoms. The Labute approximate surface area is 371 Å². The van der Waals surface area contributed by atoms with E-state index in [9.17, 15) is 28.8 Å². The minimum absolute atomic E-state index is 0.0709. The Balaban J connectivity index is 0.894. The molecule has 2 unspecified atom stereocenters.